The molecule has 2 rings (SSSR count). The van der Waals surface area contributed by atoms with Crippen molar-refractivity contribution in [2.24, 2.45) is 0 Å². The number of benzene rings is 1. The molecule has 0 aliphatic heterocycles. The molecular weight excluding hydrogens is 250 g/mol. The van der Waals surface area contributed by atoms with Crippen molar-refractivity contribution in [3.63, 3.8) is 0 Å². The van der Waals surface area contributed by atoms with Gasteiger partial charge in [0.25, 0.3) is 0 Å². The molecule has 0 amide bonds. The Bertz CT molecular complexity index is 429. The molecule has 1 saturated carbocycles. The minimum absolute atomic E-state index is 0.157. The smallest absolute Gasteiger partial charge is 0.119 e. The molecule has 0 radical (unpaired) electrons. The van der Waals surface area contributed by atoms with Gasteiger partial charge in [-0.25, -0.2) is 0 Å². The summed E-state index contributed by atoms with van der Waals surface area (Å²) < 4.78 is 6.05. The van der Waals surface area contributed by atoms with Gasteiger partial charge in [0.05, 0.1) is 6.61 Å². The Kier molecular flexibility index (Phi) is 4.40. The molecule has 3 heteroatoms. The number of ether oxygens (including phenoxy) is 1. The van der Waals surface area contributed by atoms with Crippen molar-refractivity contribution in [1.82, 2.24) is 5.32 Å². The second-order valence-electron chi connectivity index (χ2n) is 6.95. The summed E-state index contributed by atoms with van der Waals surface area (Å²) in [6, 6.07) is 8.39. The van der Waals surface area contributed by atoms with Crippen molar-refractivity contribution in [2.75, 3.05) is 13.7 Å². The largest absolute Gasteiger partial charge is 0.490 e. The van der Waals surface area contributed by atoms with E-state index in [1.54, 1.807) is 0 Å². The third-order valence-corrected chi connectivity index (χ3v) is 4.42. The normalized spacial score (nSPS) is 26.8. The van der Waals surface area contributed by atoms with E-state index in [-0.39, 0.29) is 23.7 Å². The molecule has 1 fully saturated rings. The Hall–Kier alpha value is -1.06. The van der Waals surface area contributed by atoms with Gasteiger partial charge in [0.2, 0.25) is 0 Å². The fourth-order valence-corrected chi connectivity index (χ4v) is 2.85. The zero-order valence-electron chi connectivity index (χ0n) is 13.1. The Morgan fingerprint density at radius 1 is 1.30 bits per heavy atom. The van der Waals surface area contributed by atoms with Crippen LogP contribution in [0.4, 0.5) is 0 Å². The van der Waals surface area contributed by atoms with Crippen molar-refractivity contribution in [3.05, 3.63) is 29.8 Å². The predicted molar refractivity (Wildman–Crippen MR) is 82.3 cm³/mol. The van der Waals surface area contributed by atoms with Crippen molar-refractivity contribution in [2.45, 2.75) is 57.1 Å². The molecule has 0 bridgehead atoms. The second kappa shape index (κ2) is 5.74. The van der Waals surface area contributed by atoms with Crippen molar-refractivity contribution in [1.29, 1.82) is 0 Å². The van der Waals surface area contributed by atoms with Crippen LogP contribution in [0.15, 0.2) is 24.3 Å². The van der Waals surface area contributed by atoms with Crippen LogP contribution >= 0.6 is 0 Å². The van der Waals surface area contributed by atoms with Gasteiger partial charge < -0.3 is 15.2 Å². The number of aliphatic hydroxyl groups excluding tert-OH is 1. The zero-order valence-corrected chi connectivity index (χ0v) is 13.1. The van der Waals surface area contributed by atoms with Gasteiger partial charge in [0, 0.05) is 12.0 Å². The molecule has 0 spiro atoms. The lowest BCUT2D eigenvalue weighted by molar-refractivity contribution is 0.146. The van der Waals surface area contributed by atoms with Crippen LogP contribution in [-0.4, -0.2) is 30.4 Å². The standard InChI is InChI=1S/C17H27NO2/c1-16(2,3)13-5-7-14(8-6-13)20-15-9-10-17(11-15,12-19)18-4/h5-8,15,18-19H,9-12H2,1-4H3. The van der Waals surface area contributed by atoms with Crippen molar-refractivity contribution < 1.29 is 9.84 Å². The Labute approximate surface area is 122 Å². The van der Waals surface area contributed by atoms with Gasteiger partial charge in [0.1, 0.15) is 11.9 Å². The highest BCUT2D eigenvalue weighted by molar-refractivity contribution is 5.31. The quantitative estimate of drug-likeness (QED) is 0.889. The SMILES string of the molecule is CNC1(CO)CCC(Oc2ccc(C(C)(C)C)cc2)C1. The van der Waals surface area contributed by atoms with Gasteiger partial charge in [-0.05, 0) is 43.0 Å². The lowest BCUT2D eigenvalue weighted by Gasteiger charge is -2.26. The first kappa shape index (κ1) is 15.3. The summed E-state index contributed by atoms with van der Waals surface area (Å²) in [6.45, 7) is 6.80. The summed E-state index contributed by atoms with van der Waals surface area (Å²) in [4.78, 5) is 0. The summed E-state index contributed by atoms with van der Waals surface area (Å²) >= 11 is 0. The Morgan fingerprint density at radius 3 is 2.40 bits per heavy atom. The first-order valence-corrected chi connectivity index (χ1v) is 7.45. The monoisotopic (exact) mass is 277 g/mol. The second-order valence-corrected chi connectivity index (χ2v) is 6.95. The number of rotatable bonds is 4. The van der Waals surface area contributed by atoms with Gasteiger partial charge in [-0.1, -0.05) is 32.9 Å². The molecule has 2 atom stereocenters. The highest BCUT2D eigenvalue weighted by Gasteiger charge is 2.38. The van der Waals surface area contributed by atoms with E-state index < -0.39 is 0 Å². The first-order valence-electron chi connectivity index (χ1n) is 7.45. The van der Waals surface area contributed by atoms with Crippen LogP contribution < -0.4 is 10.1 Å². The maximum Gasteiger partial charge on any atom is 0.119 e. The van der Waals surface area contributed by atoms with E-state index in [1.807, 2.05) is 7.05 Å². The number of aliphatic hydroxyl groups is 1. The van der Waals surface area contributed by atoms with Crippen LogP contribution in [0.2, 0.25) is 0 Å². The lowest BCUT2D eigenvalue weighted by atomic mass is 9.87. The maximum absolute atomic E-state index is 9.51. The molecular formula is C17H27NO2. The van der Waals surface area contributed by atoms with E-state index >= 15 is 0 Å². The average Bonchev–Trinajstić information content (AvgIpc) is 2.82. The summed E-state index contributed by atoms with van der Waals surface area (Å²) in [6.07, 6.45) is 3.00. The fraction of sp³-hybridized carbons (Fsp3) is 0.647. The summed E-state index contributed by atoms with van der Waals surface area (Å²) in [5, 5.41) is 12.8. The van der Waals surface area contributed by atoms with Crippen molar-refractivity contribution in [3.8, 4) is 5.75 Å². The van der Waals surface area contributed by atoms with Gasteiger partial charge in [0.15, 0.2) is 0 Å². The molecule has 1 aliphatic rings. The minimum atomic E-state index is -0.157. The first-order chi connectivity index (χ1) is 9.38. The van der Waals surface area contributed by atoms with E-state index in [0.29, 0.717) is 0 Å². The third-order valence-electron chi connectivity index (χ3n) is 4.42. The molecule has 2 unspecified atom stereocenters. The van der Waals surface area contributed by atoms with Crippen molar-refractivity contribution >= 4 is 0 Å². The topological polar surface area (TPSA) is 41.5 Å². The summed E-state index contributed by atoms with van der Waals surface area (Å²) in [5.41, 5.74) is 1.33. The Balaban J connectivity index is 1.98. The average molecular weight is 277 g/mol. The van der Waals surface area contributed by atoms with Crippen LogP contribution in [0.3, 0.4) is 0 Å². The number of likely N-dealkylation sites (N-methyl/N-ethyl adjacent to an activating group) is 1. The molecule has 0 aromatic heterocycles. The van der Waals surface area contributed by atoms with E-state index in [2.05, 4.69) is 50.4 Å². The molecule has 3 nitrogen and oxygen atoms in total. The molecule has 0 heterocycles. The lowest BCUT2D eigenvalue weighted by Crippen LogP contribution is -2.44. The van der Waals surface area contributed by atoms with Gasteiger partial charge in [-0.3, -0.25) is 0 Å². The highest BCUT2D eigenvalue weighted by atomic mass is 16.5. The van der Waals surface area contributed by atoms with E-state index in [4.69, 9.17) is 4.74 Å². The molecule has 1 aliphatic carbocycles. The number of hydrogen-bond donors (Lipinski definition) is 2. The third kappa shape index (κ3) is 3.33. The van der Waals surface area contributed by atoms with Crippen LogP contribution in [0.25, 0.3) is 0 Å². The van der Waals surface area contributed by atoms with E-state index in [9.17, 15) is 5.11 Å². The van der Waals surface area contributed by atoms with E-state index in [0.717, 1.165) is 25.0 Å². The summed E-state index contributed by atoms with van der Waals surface area (Å²) in [7, 11) is 1.91. The van der Waals surface area contributed by atoms with Crippen LogP contribution in [0, 0.1) is 0 Å². The van der Waals surface area contributed by atoms with Crippen LogP contribution in [0.1, 0.15) is 45.6 Å². The zero-order chi connectivity index (χ0) is 14.8. The van der Waals surface area contributed by atoms with Crippen LogP contribution in [0.5, 0.6) is 5.75 Å². The number of hydrogen-bond acceptors (Lipinski definition) is 3. The van der Waals surface area contributed by atoms with Crippen LogP contribution in [-0.2, 0) is 5.41 Å². The van der Waals surface area contributed by atoms with Gasteiger partial charge in [-0.2, -0.15) is 0 Å². The molecule has 2 N–H and O–H groups in total. The predicted octanol–water partition coefficient (Wildman–Crippen LogP) is 2.87. The molecule has 0 saturated heterocycles. The summed E-state index contributed by atoms with van der Waals surface area (Å²) in [5.74, 6) is 0.924. The maximum atomic E-state index is 9.51. The molecule has 20 heavy (non-hydrogen) atoms. The van der Waals surface area contributed by atoms with E-state index in [1.165, 1.54) is 5.56 Å². The number of nitrogens with one attached hydrogen (secondary N) is 1. The highest BCUT2D eigenvalue weighted by Crippen LogP contribution is 2.33. The molecule has 1 aromatic carbocycles. The minimum Gasteiger partial charge on any atom is -0.490 e. The van der Waals surface area contributed by atoms with Gasteiger partial charge >= 0.3 is 0 Å². The van der Waals surface area contributed by atoms with Gasteiger partial charge in [-0.15, -0.1) is 0 Å². The molecule has 1 aromatic rings. The Morgan fingerprint density at radius 2 is 1.95 bits per heavy atom. The fourth-order valence-electron chi connectivity index (χ4n) is 2.85. The molecule has 112 valence electrons.